The molecular formula is C14H18ClNO2. The Morgan fingerprint density at radius 2 is 2.17 bits per heavy atom. The van der Waals surface area contributed by atoms with E-state index in [1.165, 1.54) is 20.0 Å². The number of hydrogen-bond acceptors (Lipinski definition) is 3. The van der Waals surface area contributed by atoms with Gasteiger partial charge in [0.05, 0.1) is 7.11 Å². The Morgan fingerprint density at radius 1 is 1.44 bits per heavy atom. The summed E-state index contributed by atoms with van der Waals surface area (Å²) < 4.78 is 4.87. The van der Waals surface area contributed by atoms with E-state index < -0.39 is 6.04 Å². The SMILES string of the molecule is COC(=O)C(NC1CCCC1)c1cccc(Cl)c1. The van der Waals surface area contributed by atoms with Gasteiger partial charge in [-0.1, -0.05) is 36.6 Å². The second-order valence-corrected chi connectivity index (χ2v) is 5.10. The molecule has 0 saturated heterocycles. The molecule has 1 N–H and O–H groups in total. The third kappa shape index (κ3) is 3.24. The quantitative estimate of drug-likeness (QED) is 0.852. The van der Waals surface area contributed by atoms with Crippen molar-refractivity contribution in [2.45, 2.75) is 37.8 Å². The number of ether oxygens (including phenoxy) is 1. The van der Waals surface area contributed by atoms with E-state index in [0.29, 0.717) is 11.1 Å². The van der Waals surface area contributed by atoms with Crippen molar-refractivity contribution in [3.63, 3.8) is 0 Å². The minimum Gasteiger partial charge on any atom is -0.468 e. The molecule has 2 rings (SSSR count). The molecule has 1 aromatic carbocycles. The Morgan fingerprint density at radius 3 is 2.78 bits per heavy atom. The van der Waals surface area contributed by atoms with Gasteiger partial charge in [0.25, 0.3) is 0 Å². The maximum Gasteiger partial charge on any atom is 0.327 e. The number of benzene rings is 1. The summed E-state index contributed by atoms with van der Waals surface area (Å²) in [5, 5.41) is 4.01. The third-order valence-electron chi connectivity index (χ3n) is 3.38. The monoisotopic (exact) mass is 267 g/mol. The molecule has 1 saturated carbocycles. The molecule has 0 aromatic heterocycles. The van der Waals surface area contributed by atoms with Crippen LogP contribution in [0.15, 0.2) is 24.3 Å². The van der Waals surface area contributed by atoms with Gasteiger partial charge in [0.2, 0.25) is 0 Å². The van der Waals surface area contributed by atoms with Gasteiger partial charge < -0.3 is 4.74 Å². The normalized spacial score (nSPS) is 17.7. The highest BCUT2D eigenvalue weighted by Gasteiger charge is 2.26. The van der Waals surface area contributed by atoms with E-state index in [4.69, 9.17) is 16.3 Å². The van der Waals surface area contributed by atoms with Gasteiger partial charge in [-0.3, -0.25) is 5.32 Å². The Balaban J connectivity index is 2.16. The molecule has 1 fully saturated rings. The van der Waals surface area contributed by atoms with Crippen LogP contribution in [-0.2, 0) is 9.53 Å². The largest absolute Gasteiger partial charge is 0.468 e. The Bertz CT molecular complexity index is 416. The fraction of sp³-hybridized carbons (Fsp3) is 0.500. The van der Waals surface area contributed by atoms with E-state index in [-0.39, 0.29) is 5.97 Å². The molecule has 0 amide bonds. The predicted molar refractivity (Wildman–Crippen MR) is 71.6 cm³/mol. The fourth-order valence-electron chi connectivity index (χ4n) is 2.43. The topological polar surface area (TPSA) is 38.3 Å². The van der Waals surface area contributed by atoms with Crippen molar-refractivity contribution in [1.29, 1.82) is 0 Å². The van der Waals surface area contributed by atoms with Crippen LogP contribution >= 0.6 is 11.6 Å². The lowest BCUT2D eigenvalue weighted by Gasteiger charge is -2.21. The summed E-state index contributed by atoms with van der Waals surface area (Å²) in [5.74, 6) is -0.260. The van der Waals surface area contributed by atoms with Gasteiger partial charge in [-0.15, -0.1) is 0 Å². The van der Waals surface area contributed by atoms with E-state index in [1.807, 2.05) is 18.2 Å². The standard InChI is InChI=1S/C14H18ClNO2/c1-18-14(17)13(16-12-7-2-3-8-12)10-5-4-6-11(15)9-10/h4-6,9,12-13,16H,2-3,7-8H2,1H3. The van der Waals surface area contributed by atoms with Crippen LogP contribution in [-0.4, -0.2) is 19.1 Å². The molecule has 0 bridgehead atoms. The number of rotatable bonds is 4. The molecule has 1 unspecified atom stereocenters. The lowest BCUT2D eigenvalue weighted by atomic mass is 10.1. The molecule has 4 heteroatoms. The van der Waals surface area contributed by atoms with Crippen LogP contribution in [0.1, 0.15) is 37.3 Å². The lowest BCUT2D eigenvalue weighted by Crippen LogP contribution is -2.36. The Labute approximate surface area is 112 Å². The van der Waals surface area contributed by atoms with Gasteiger partial charge in [0.1, 0.15) is 6.04 Å². The first-order valence-electron chi connectivity index (χ1n) is 6.30. The van der Waals surface area contributed by atoms with Gasteiger partial charge >= 0.3 is 5.97 Å². The smallest absolute Gasteiger partial charge is 0.327 e. The molecule has 1 aliphatic carbocycles. The van der Waals surface area contributed by atoms with Gasteiger partial charge in [-0.05, 0) is 30.5 Å². The van der Waals surface area contributed by atoms with Crippen molar-refractivity contribution in [1.82, 2.24) is 5.32 Å². The average Bonchev–Trinajstić information content (AvgIpc) is 2.88. The Hall–Kier alpha value is -1.06. The number of nitrogens with one attached hydrogen (secondary N) is 1. The average molecular weight is 268 g/mol. The van der Waals surface area contributed by atoms with Crippen molar-refractivity contribution in [3.8, 4) is 0 Å². The molecule has 18 heavy (non-hydrogen) atoms. The minimum absolute atomic E-state index is 0.260. The van der Waals surface area contributed by atoms with E-state index in [1.54, 1.807) is 6.07 Å². The molecule has 0 heterocycles. The zero-order valence-electron chi connectivity index (χ0n) is 10.5. The summed E-state index contributed by atoms with van der Waals surface area (Å²) in [7, 11) is 1.41. The molecule has 3 nitrogen and oxygen atoms in total. The van der Waals surface area contributed by atoms with Crippen molar-refractivity contribution in [3.05, 3.63) is 34.9 Å². The zero-order valence-corrected chi connectivity index (χ0v) is 11.2. The molecule has 1 aliphatic rings. The summed E-state index contributed by atoms with van der Waals surface area (Å²) in [4.78, 5) is 11.9. The van der Waals surface area contributed by atoms with Crippen LogP contribution in [0.3, 0.4) is 0 Å². The molecular weight excluding hydrogens is 250 g/mol. The van der Waals surface area contributed by atoms with Gasteiger partial charge in [0.15, 0.2) is 0 Å². The van der Waals surface area contributed by atoms with Crippen LogP contribution in [0, 0.1) is 0 Å². The first-order valence-corrected chi connectivity index (χ1v) is 6.68. The number of halogens is 1. The molecule has 0 aliphatic heterocycles. The summed E-state index contributed by atoms with van der Waals surface area (Å²) in [6.07, 6.45) is 4.68. The van der Waals surface area contributed by atoms with Crippen molar-refractivity contribution < 1.29 is 9.53 Å². The molecule has 0 radical (unpaired) electrons. The van der Waals surface area contributed by atoms with Crippen molar-refractivity contribution >= 4 is 17.6 Å². The van der Waals surface area contributed by atoms with E-state index in [0.717, 1.165) is 18.4 Å². The van der Waals surface area contributed by atoms with E-state index in [2.05, 4.69) is 5.32 Å². The van der Waals surface area contributed by atoms with Gasteiger partial charge in [-0.25, -0.2) is 4.79 Å². The van der Waals surface area contributed by atoms with Crippen LogP contribution in [0.4, 0.5) is 0 Å². The minimum atomic E-state index is -0.420. The summed E-state index contributed by atoms with van der Waals surface area (Å²) >= 11 is 5.97. The second-order valence-electron chi connectivity index (χ2n) is 4.66. The van der Waals surface area contributed by atoms with Crippen LogP contribution < -0.4 is 5.32 Å². The van der Waals surface area contributed by atoms with Crippen LogP contribution in [0.2, 0.25) is 5.02 Å². The lowest BCUT2D eigenvalue weighted by molar-refractivity contribution is -0.143. The number of carbonyl (C=O) groups excluding carboxylic acids is 1. The molecule has 98 valence electrons. The number of carbonyl (C=O) groups is 1. The van der Waals surface area contributed by atoms with Crippen LogP contribution in [0.5, 0.6) is 0 Å². The van der Waals surface area contributed by atoms with Crippen LogP contribution in [0.25, 0.3) is 0 Å². The highest BCUT2D eigenvalue weighted by molar-refractivity contribution is 6.30. The van der Waals surface area contributed by atoms with Crippen molar-refractivity contribution in [2.24, 2.45) is 0 Å². The molecule has 1 atom stereocenters. The summed E-state index contributed by atoms with van der Waals surface area (Å²) in [5.41, 5.74) is 0.862. The van der Waals surface area contributed by atoms with Gasteiger partial charge in [-0.2, -0.15) is 0 Å². The van der Waals surface area contributed by atoms with Crippen molar-refractivity contribution in [2.75, 3.05) is 7.11 Å². The maximum atomic E-state index is 11.9. The highest BCUT2D eigenvalue weighted by Crippen LogP contribution is 2.24. The molecule has 1 aromatic rings. The first kappa shape index (κ1) is 13.4. The predicted octanol–water partition coefficient (Wildman–Crippen LogP) is 3.09. The first-order chi connectivity index (χ1) is 8.70. The summed E-state index contributed by atoms with van der Waals surface area (Å²) in [6.45, 7) is 0. The van der Waals surface area contributed by atoms with E-state index >= 15 is 0 Å². The third-order valence-corrected chi connectivity index (χ3v) is 3.61. The fourth-order valence-corrected chi connectivity index (χ4v) is 2.63. The number of esters is 1. The molecule has 0 spiro atoms. The van der Waals surface area contributed by atoms with E-state index in [9.17, 15) is 4.79 Å². The number of hydrogen-bond donors (Lipinski definition) is 1. The second kappa shape index (κ2) is 6.21. The number of methoxy groups -OCH3 is 1. The zero-order chi connectivity index (χ0) is 13.0. The summed E-state index contributed by atoms with van der Waals surface area (Å²) in [6, 6.07) is 7.34. The Kier molecular flexibility index (Phi) is 4.61. The van der Waals surface area contributed by atoms with Gasteiger partial charge in [0, 0.05) is 11.1 Å². The maximum absolute atomic E-state index is 11.9. The highest BCUT2D eigenvalue weighted by atomic mass is 35.5.